The average molecular weight is 313 g/mol. The molecule has 1 fully saturated rings. The van der Waals surface area contributed by atoms with Crippen molar-refractivity contribution in [2.75, 3.05) is 33.5 Å². The number of likely N-dealkylation sites (tertiary alicyclic amines) is 1. The lowest BCUT2D eigenvalue weighted by atomic mass is 10.2. The summed E-state index contributed by atoms with van der Waals surface area (Å²) >= 11 is 4.76. The van der Waals surface area contributed by atoms with Crippen LogP contribution in [0.15, 0.2) is 0 Å². The molecule has 2 N–H and O–H groups in total. The molecule has 0 aliphatic carbocycles. The van der Waals surface area contributed by atoms with E-state index in [1.54, 1.807) is 6.92 Å². The highest BCUT2D eigenvalue weighted by Crippen LogP contribution is 2.45. The third kappa shape index (κ3) is 5.07. The highest BCUT2D eigenvalue weighted by Gasteiger charge is 2.37. The van der Waals surface area contributed by atoms with Gasteiger partial charge in [-0.2, -0.15) is 0 Å². The number of ether oxygens (including phenoxy) is 1. The van der Waals surface area contributed by atoms with Crippen molar-refractivity contribution in [3.8, 4) is 0 Å². The lowest BCUT2D eigenvalue weighted by Crippen LogP contribution is -2.40. The van der Waals surface area contributed by atoms with Crippen LogP contribution in [0, 0.1) is 0 Å². The maximum atomic E-state index is 11.9. The fourth-order valence-electron chi connectivity index (χ4n) is 1.93. The Morgan fingerprint density at radius 2 is 2.26 bits per heavy atom. The van der Waals surface area contributed by atoms with E-state index in [2.05, 4.69) is 0 Å². The first-order chi connectivity index (χ1) is 8.93. The molecule has 1 heterocycles. The van der Waals surface area contributed by atoms with Gasteiger partial charge in [0.1, 0.15) is 6.61 Å². The normalized spacial score (nSPS) is 26.4. The Morgan fingerprint density at radius 3 is 2.79 bits per heavy atom. The zero-order chi connectivity index (χ0) is 14.5. The van der Waals surface area contributed by atoms with Gasteiger partial charge in [0, 0.05) is 20.3 Å². The van der Waals surface area contributed by atoms with Crippen molar-refractivity contribution in [1.82, 2.24) is 4.90 Å². The second-order valence-corrected chi connectivity index (χ2v) is 7.03. The second kappa shape index (κ2) is 7.64. The van der Waals surface area contributed by atoms with Crippen molar-refractivity contribution in [3.63, 3.8) is 0 Å². The Kier molecular flexibility index (Phi) is 6.82. The Morgan fingerprint density at radius 1 is 1.58 bits per heavy atom. The van der Waals surface area contributed by atoms with E-state index >= 15 is 0 Å². The summed E-state index contributed by atoms with van der Waals surface area (Å²) in [6, 6.07) is -0.343. The standard InChI is InChI=1S/C10H20NO6PS/c1-3-16-7-10(13)11-5-9(4-8(11)6-12)17-18(14,19)15-2/h8-9,12H,3-7H2,1-2H3,(H,14,19). The minimum Gasteiger partial charge on any atom is -0.394 e. The molecule has 19 heavy (non-hydrogen) atoms. The minimum absolute atomic E-state index is 0.0305. The SMILES string of the molecule is CCOCC(=O)N1CC(OP(O)(=S)OC)CC1CO. The molecule has 112 valence electrons. The molecule has 1 amide bonds. The summed E-state index contributed by atoms with van der Waals surface area (Å²) in [5, 5.41) is 9.28. The number of carbonyl (C=O) groups is 1. The van der Waals surface area contributed by atoms with Crippen LogP contribution in [0.4, 0.5) is 0 Å². The number of rotatable bonds is 7. The molecule has 9 heteroatoms. The van der Waals surface area contributed by atoms with E-state index < -0.39 is 12.8 Å². The highest BCUT2D eigenvalue weighted by atomic mass is 32.5. The van der Waals surface area contributed by atoms with Crippen LogP contribution in [0.5, 0.6) is 0 Å². The van der Waals surface area contributed by atoms with Crippen LogP contribution < -0.4 is 0 Å². The van der Waals surface area contributed by atoms with Crippen LogP contribution in [0.25, 0.3) is 0 Å². The van der Waals surface area contributed by atoms with Gasteiger partial charge in [-0.3, -0.25) is 4.79 Å². The van der Waals surface area contributed by atoms with E-state index in [1.165, 1.54) is 12.0 Å². The van der Waals surface area contributed by atoms with Gasteiger partial charge < -0.3 is 28.7 Å². The van der Waals surface area contributed by atoms with Crippen molar-refractivity contribution >= 4 is 24.4 Å². The first-order valence-electron chi connectivity index (χ1n) is 5.98. The third-order valence-electron chi connectivity index (χ3n) is 2.85. The van der Waals surface area contributed by atoms with Gasteiger partial charge in [0.25, 0.3) is 0 Å². The molecule has 0 aromatic carbocycles. The molecule has 3 atom stereocenters. The Hall–Kier alpha value is -0.0800. The van der Waals surface area contributed by atoms with Gasteiger partial charge >= 0.3 is 6.72 Å². The van der Waals surface area contributed by atoms with Crippen molar-refractivity contribution < 1.29 is 28.6 Å². The summed E-state index contributed by atoms with van der Waals surface area (Å²) in [5.74, 6) is -0.212. The fourth-order valence-corrected chi connectivity index (χ4v) is 2.91. The maximum Gasteiger partial charge on any atom is 0.324 e. The molecule has 0 saturated carbocycles. The van der Waals surface area contributed by atoms with Crippen LogP contribution in [0.3, 0.4) is 0 Å². The minimum atomic E-state index is -3.26. The predicted octanol–water partition coefficient (Wildman–Crippen LogP) is -0.136. The number of hydrogen-bond acceptors (Lipinski definition) is 6. The van der Waals surface area contributed by atoms with E-state index in [-0.39, 0.29) is 31.7 Å². The molecule has 7 nitrogen and oxygen atoms in total. The monoisotopic (exact) mass is 313 g/mol. The summed E-state index contributed by atoms with van der Waals surface area (Å²) in [5.41, 5.74) is 0. The van der Waals surface area contributed by atoms with Crippen LogP contribution in [-0.2, 0) is 30.4 Å². The van der Waals surface area contributed by atoms with Crippen LogP contribution >= 0.6 is 6.72 Å². The number of hydrogen-bond donors (Lipinski definition) is 2. The smallest absolute Gasteiger partial charge is 0.324 e. The van der Waals surface area contributed by atoms with Gasteiger partial charge in [0.05, 0.1) is 18.8 Å². The third-order valence-corrected chi connectivity index (χ3v) is 4.58. The zero-order valence-corrected chi connectivity index (χ0v) is 12.7. The van der Waals surface area contributed by atoms with E-state index in [0.29, 0.717) is 13.0 Å². The van der Waals surface area contributed by atoms with Crippen LogP contribution in [0.1, 0.15) is 13.3 Å². The molecule has 3 unspecified atom stereocenters. The second-order valence-electron chi connectivity index (χ2n) is 4.13. The van der Waals surface area contributed by atoms with Gasteiger partial charge in [-0.05, 0) is 25.2 Å². The Labute approximate surface area is 117 Å². The molecule has 0 spiro atoms. The molecule has 1 aliphatic rings. The molecular weight excluding hydrogens is 293 g/mol. The number of amides is 1. The molecule has 1 rings (SSSR count). The van der Waals surface area contributed by atoms with Gasteiger partial charge in [0.15, 0.2) is 0 Å². The lowest BCUT2D eigenvalue weighted by molar-refractivity contribution is -0.137. The van der Waals surface area contributed by atoms with Crippen molar-refractivity contribution in [2.24, 2.45) is 0 Å². The molecule has 0 aromatic rings. The van der Waals surface area contributed by atoms with Gasteiger partial charge in [-0.1, -0.05) is 0 Å². The van der Waals surface area contributed by atoms with E-state index in [9.17, 15) is 14.8 Å². The molecule has 0 aromatic heterocycles. The summed E-state index contributed by atoms with van der Waals surface area (Å²) in [4.78, 5) is 23.0. The van der Waals surface area contributed by atoms with Crippen molar-refractivity contribution in [2.45, 2.75) is 25.5 Å². The largest absolute Gasteiger partial charge is 0.394 e. The zero-order valence-electron chi connectivity index (χ0n) is 11.0. The summed E-state index contributed by atoms with van der Waals surface area (Å²) < 4.78 is 15.0. The molecule has 0 bridgehead atoms. The summed E-state index contributed by atoms with van der Waals surface area (Å²) in [7, 11) is 1.28. The number of aliphatic hydroxyl groups excluding tert-OH is 1. The average Bonchev–Trinajstić information content (AvgIpc) is 2.78. The summed E-state index contributed by atoms with van der Waals surface area (Å²) in [6.07, 6.45) is -0.0186. The lowest BCUT2D eigenvalue weighted by Gasteiger charge is -2.22. The van der Waals surface area contributed by atoms with Gasteiger partial charge in [0.2, 0.25) is 5.91 Å². The van der Waals surface area contributed by atoms with Crippen molar-refractivity contribution in [1.29, 1.82) is 0 Å². The molecule has 0 radical (unpaired) electrons. The quantitative estimate of drug-likeness (QED) is 0.633. The number of nitrogens with zero attached hydrogens (tertiary/aromatic N) is 1. The fraction of sp³-hybridized carbons (Fsp3) is 0.900. The number of aliphatic hydroxyl groups is 1. The predicted molar refractivity (Wildman–Crippen MR) is 72.1 cm³/mol. The van der Waals surface area contributed by atoms with Crippen LogP contribution in [0.2, 0.25) is 0 Å². The van der Waals surface area contributed by atoms with Gasteiger partial charge in [-0.25, -0.2) is 0 Å². The Bertz CT molecular complexity index is 355. The maximum absolute atomic E-state index is 11.9. The first kappa shape index (κ1) is 17.0. The van der Waals surface area contributed by atoms with Crippen molar-refractivity contribution in [3.05, 3.63) is 0 Å². The van der Waals surface area contributed by atoms with E-state index in [0.717, 1.165) is 0 Å². The Balaban J connectivity index is 2.59. The van der Waals surface area contributed by atoms with E-state index in [1.807, 2.05) is 0 Å². The van der Waals surface area contributed by atoms with Crippen LogP contribution in [-0.4, -0.2) is 66.4 Å². The summed E-state index contributed by atoms with van der Waals surface area (Å²) in [6.45, 7) is -0.942. The molecule has 1 saturated heterocycles. The van der Waals surface area contributed by atoms with Gasteiger partial charge in [-0.15, -0.1) is 0 Å². The molecular formula is C10H20NO6PS. The molecule has 1 aliphatic heterocycles. The highest BCUT2D eigenvalue weighted by molar-refractivity contribution is 8.07. The number of carbonyl (C=O) groups excluding carboxylic acids is 1. The topological polar surface area (TPSA) is 88.5 Å². The first-order valence-corrected chi connectivity index (χ1v) is 8.57. The van der Waals surface area contributed by atoms with E-state index in [4.69, 9.17) is 25.6 Å².